The Morgan fingerprint density at radius 3 is 2.54 bits per heavy atom. The van der Waals surface area contributed by atoms with Gasteiger partial charge in [0.2, 0.25) is 11.8 Å². The van der Waals surface area contributed by atoms with Gasteiger partial charge >= 0.3 is 6.09 Å². The summed E-state index contributed by atoms with van der Waals surface area (Å²) in [5, 5.41) is 5.32. The van der Waals surface area contributed by atoms with Crippen molar-refractivity contribution >= 4 is 17.9 Å². The third-order valence-corrected chi connectivity index (χ3v) is 4.06. The third kappa shape index (κ3) is 10.9. The highest BCUT2D eigenvalue weighted by Gasteiger charge is 2.17. The van der Waals surface area contributed by atoms with Crippen LogP contribution in [0, 0.1) is 12.3 Å². The Morgan fingerprint density at radius 2 is 1.86 bits per heavy atom. The van der Waals surface area contributed by atoms with Crippen LogP contribution in [0.25, 0.3) is 0 Å². The van der Waals surface area contributed by atoms with E-state index >= 15 is 0 Å². The molecule has 0 heterocycles. The molecule has 0 aromatic heterocycles. The van der Waals surface area contributed by atoms with Gasteiger partial charge in [0.15, 0.2) is 0 Å². The summed E-state index contributed by atoms with van der Waals surface area (Å²) in [6.07, 6.45) is 8.79. The Labute approximate surface area is 166 Å². The zero-order valence-electron chi connectivity index (χ0n) is 16.1. The molecule has 7 nitrogen and oxygen atoms in total. The summed E-state index contributed by atoms with van der Waals surface area (Å²) in [4.78, 5) is 34.9. The van der Waals surface area contributed by atoms with Gasteiger partial charge in [0.1, 0.15) is 12.6 Å². The minimum absolute atomic E-state index is 0.209. The molecule has 0 saturated carbocycles. The van der Waals surface area contributed by atoms with Crippen LogP contribution in [0.15, 0.2) is 30.3 Å². The monoisotopic (exact) mass is 387 g/mol. The second-order valence-electron chi connectivity index (χ2n) is 6.42. The lowest BCUT2D eigenvalue weighted by Gasteiger charge is -2.14. The first-order valence-electron chi connectivity index (χ1n) is 9.49. The van der Waals surface area contributed by atoms with Gasteiger partial charge in [-0.3, -0.25) is 9.59 Å². The van der Waals surface area contributed by atoms with Crippen LogP contribution in [0.2, 0.25) is 0 Å². The number of unbranched alkanes of at least 4 members (excludes halogenated alkanes) is 3. The molecule has 4 N–H and O–H groups in total. The molecular formula is C21H29N3O4. The average molecular weight is 387 g/mol. The van der Waals surface area contributed by atoms with Crippen LogP contribution in [0.1, 0.15) is 50.5 Å². The lowest BCUT2D eigenvalue weighted by Crippen LogP contribution is -2.44. The predicted octanol–water partition coefficient (Wildman–Crippen LogP) is 2.25. The molecule has 0 saturated heterocycles. The maximum Gasteiger partial charge on any atom is 0.407 e. The van der Waals surface area contributed by atoms with E-state index in [4.69, 9.17) is 16.9 Å². The van der Waals surface area contributed by atoms with Gasteiger partial charge in [0.05, 0.1) is 0 Å². The molecular weight excluding hydrogens is 358 g/mol. The number of nitrogens with two attached hydrogens (primary N) is 1. The van der Waals surface area contributed by atoms with Crippen molar-refractivity contribution in [2.75, 3.05) is 6.54 Å². The lowest BCUT2D eigenvalue weighted by molar-refractivity contribution is -0.127. The zero-order valence-corrected chi connectivity index (χ0v) is 16.1. The lowest BCUT2D eigenvalue weighted by atomic mass is 10.1. The highest BCUT2D eigenvalue weighted by Crippen LogP contribution is 2.04. The topological polar surface area (TPSA) is 111 Å². The number of hydrogen-bond acceptors (Lipinski definition) is 4. The minimum atomic E-state index is -0.679. The maximum atomic E-state index is 11.9. The second kappa shape index (κ2) is 14.1. The summed E-state index contributed by atoms with van der Waals surface area (Å²) >= 11 is 0. The first-order valence-corrected chi connectivity index (χ1v) is 9.49. The van der Waals surface area contributed by atoms with E-state index in [0.29, 0.717) is 38.6 Å². The Morgan fingerprint density at radius 1 is 1.11 bits per heavy atom. The second-order valence-corrected chi connectivity index (χ2v) is 6.42. The smallest absolute Gasteiger partial charge is 0.407 e. The molecule has 0 spiro atoms. The van der Waals surface area contributed by atoms with Gasteiger partial charge in [-0.05, 0) is 31.2 Å². The van der Waals surface area contributed by atoms with Crippen LogP contribution in [-0.4, -0.2) is 30.5 Å². The van der Waals surface area contributed by atoms with Crippen LogP contribution in [0.4, 0.5) is 4.79 Å². The summed E-state index contributed by atoms with van der Waals surface area (Å²) in [6, 6.07) is 8.76. The molecule has 0 aliphatic carbocycles. The Balaban J connectivity index is 2.07. The molecule has 1 aromatic rings. The SMILES string of the molecule is C#CCCC[C@H](NC(=O)CCCCCNC(=O)OCc1ccccc1)C(N)=O. The van der Waals surface area contributed by atoms with Gasteiger partial charge in [0.25, 0.3) is 0 Å². The first-order chi connectivity index (χ1) is 13.5. The predicted molar refractivity (Wildman–Crippen MR) is 107 cm³/mol. The minimum Gasteiger partial charge on any atom is -0.445 e. The van der Waals surface area contributed by atoms with Gasteiger partial charge in [-0.2, -0.15) is 0 Å². The van der Waals surface area contributed by atoms with Crippen molar-refractivity contribution in [3.05, 3.63) is 35.9 Å². The molecule has 0 aliphatic rings. The highest BCUT2D eigenvalue weighted by molar-refractivity contribution is 5.86. The molecule has 0 radical (unpaired) electrons. The van der Waals surface area contributed by atoms with E-state index in [-0.39, 0.29) is 12.5 Å². The summed E-state index contributed by atoms with van der Waals surface area (Å²) < 4.78 is 5.11. The van der Waals surface area contributed by atoms with Crippen molar-refractivity contribution in [1.29, 1.82) is 0 Å². The standard InChI is InChI=1S/C21H29N3O4/c1-2-3-6-13-18(20(22)26)24-19(25)14-9-5-10-15-23-21(27)28-16-17-11-7-4-8-12-17/h1,4,7-8,11-12,18H,3,5-6,9-10,13-16H2,(H2,22,26)(H,23,27)(H,24,25)/t18-/m0/s1. The average Bonchev–Trinajstić information content (AvgIpc) is 2.69. The number of terminal acetylenes is 1. The largest absolute Gasteiger partial charge is 0.445 e. The fraction of sp³-hybridized carbons (Fsp3) is 0.476. The van der Waals surface area contributed by atoms with Crippen LogP contribution in [0.5, 0.6) is 0 Å². The molecule has 0 bridgehead atoms. The van der Waals surface area contributed by atoms with Crippen molar-refractivity contribution in [2.24, 2.45) is 5.73 Å². The van der Waals surface area contributed by atoms with E-state index in [1.807, 2.05) is 30.3 Å². The van der Waals surface area contributed by atoms with E-state index in [1.165, 1.54) is 0 Å². The molecule has 0 fully saturated rings. The van der Waals surface area contributed by atoms with Crippen LogP contribution >= 0.6 is 0 Å². The number of ether oxygens (including phenoxy) is 1. The Hall–Kier alpha value is -3.01. The molecule has 1 aromatic carbocycles. The Bertz CT molecular complexity index is 655. The summed E-state index contributed by atoms with van der Waals surface area (Å²) in [7, 11) is 0. The summed E-state index contributed by atoms with van der Waals surface area (Å²) in [5.74, 6) is 1.73. The van der Waals surface area contributed by atoms with E-state index in [2.05, 4.69) is 16.6 Å². The summed E-state index contributed by atoms with van der Waals surface area (Å²) in [5.41, 5.74) is 6.22. The van der Waals surface area contributed by atoms with Gasteiger partial charge < -0.3 is 21.1 Å². The molecule has 152 valence electrons. The van der Waals surface area contributed by atoms with Crippen molar-refractivity contribution in [2.45, 2.75) is 57.6 Å². The molecule has 7 heteroatoms. The maximum absolute atomic E-state index is 11.9. The fourth-order valence-electron chi connectivity index (χ4n) is 2.51. The van der Waals surface area contributed by atoms with E-state index in [0.717, 1.165) is 18.4 Å². The van der Waals surface area contributed by atoms with Crippen LogP contribution in [-0.2, 0) is 20.9 Å². The van der Waals surface area contributed by atoms with Crippen LogP contribution in [0.3, 0.4) is 0 Å². The Kier molecular flexibility index (Phi) is 11.6. The molecule has 28 heavy (non-hydrogen) atoms. The quantitative estimate of drug-likeness (QED) is 0.356. The normalized spacial score (nSPS) is 11.1. The number of amides is 3. The number of carbonyl (C=O) groups excluding carboxylic acids is 3. The van der Waals surface area contributed by atoms with Crippen molar-refractivity contribution in [3.8, 4) is 12.3 Å². The number of nitrogens with one attached hydrogen (secondary N) is 2. The molecule has 0 aliphatic heterocycles. The molecule has 0 unspecified atom stereocenters. The zero-order chi connectivity index (χ0) is 20.6. The van der Waals surface area contributed by atoms with Gasteiger partial charge in [-0.1, -0.05) is 36.8 Å². The number of benzene rings is 1. The molecule has 3 amide bonds. The number of rotatable bonds is 13. The summed E-state index contributed by atoms with van der Waals surface area (Å²) in [6.45, 7) is 0.709. The fourth-order valence-corrected chi connectivity index (χ4v) is 2.51. The van der Waals surface area contributed by atoms with Crippen LogP contribution < -0.4 is 16.4 Å². The highest BCUT2D eigenvalue weighted by atomic mass is 16.5. The van der Waals surface area contributed by atoms with Crippen molar-refractivity contribution in [1.82, 2.24) is 10.6 Å². The van der Waals surface area contributed by atoms with Gasteiger partial charge in [-0.25, -0.2) is 4.79 Å². The number of carbonyl (C=O) groups is 3. The number of primary amides is 1. The van der Waals surface area contributed by atoms with Gasteiger partial charge in [-0.15, -0.1) is 12.3 Å². The van der Waals surface area contributed by atoms with E-state index < -0.39 is 18.0 Å². The third-order valence-electron chi connectivity index (χ3n) is 4.06. The molecule has 1 atom stereocenters. The van der Waals surface area contributed by atoms with Crippen molar-refractivity contribution < 1.29 is 19.1 Å². The number of hydrogen-bond donors (Lipinski definition) is 3. The first kappa shape index (κ1) is 23.0. The van der Waals surface area contributed by atoms with Crippen molar-refractivity contribution in [3.63, 3.8) is 0 Å². The van der Waals surface area contributed by atoms with E-state index in [9.17, 15) is 14.4 Å². The van der Waals surface area contributed by atoms with E-state index in [1.54, 1.807) is 0 Å². The molecule has 1 rings (SSSR count). The number of alkyl carbamates (subject to hydrolysis) is 1. The van der Waals surface area contributed by atoms with Gasteiger partial charge in [0, 0.05) is 19.4 Å².